The van der Waals surface area contributed by atoms with Gasteiger partial charge in [-0.2, -0.15) is 0 Å². The average Bonchev–Trinajstić information content (AvgIpc) is 3.36. The van der Waals surface area contributed by atoms with Crippen molar-refractivity contribution in [2.75, 3.05) is 26.7 Å². The number of hydrogen-bond donors (Lipinski definition) is 2. The molecule has 0 radical (unpaired) electrons. The summed E-state index contributed by atoms with van der Waals surface area (Å²) >= 11 is 1.41. The molecule has 5 nitrogen and oxygen atoms in total. The van der Waals surface area contributed by atoms with Gasteiger partial charge in [0.1, 0.15) is 10.8 Å². The monoisotopic (exact) mass is 413 g/mol. The van der Waals surface area contributed by atoms with E-state index in [1.165, 1.54) is 56.7 Å². The molecule has 3 N–H and O–H groups in total. The summed E-state index contributed by atoms with van der Waals surface area (Å²) in [6.45, 7) is 4.01. The molecule has 2 fully saturated rings. The fraction of sp³-hybridized carbons (Fsp3) is 0.565. The number of nitrogens with two attached hydrogens (primary N) is 1. The molecule has 2 aromatic rings. The number of nitrogens with one attached hydrogen (secondary N) is 1. The minimum absolute atomic E-state index is 0.530. The zero-order valence-electron chi connectivity index (χ0n) is 17.5. The molecule has 1 aromatic heterocycles. The lowest BCUT2D eigenvalue weighted by molar-refractivity contribution is -0.111. The number of methoxy groups -OCH3 is 1. The van der Waals surface area contributed by atoms with Crippen LogP contribution in [0.5, 0.6) is 5.75 Å². The van der Waals surface area contributed by atoms with Crippen LogP contribution in [0.4, 0.5) is 0 Å². The molecule has 4 rings (SSSR count). The first-order valence-electron chi connectivity index (χ1n) is 10.9. The van der Waals surface area contributed by atoms with E-state index >= 15 is 0 Å². The summed E-state index contributed by atoms with van der Waals surface area (Å²) in [5, 5.41) is 17.5. The molecule has 29 heavy (non-hydrogen) atoms. The Balaban J connectivity index is 1.57. The van der Waals surface area contributed by atoms with Crippen LogP contribution in [-0.4, -0.2) is 46.3 Å². The van der Waals surface area contributed by atoms with Crippen LogP contribution in [0.2, 0.25) is 0 Å². The van der Waals surface area contributed by atoms with Crippen molar-refractivity contribution in [3.8, 4) is 5.75 Å². The number of fused-ring (bicyclic) bond motifs is 1. The van der Waals surface area contributed by atoms with Gasteiger partial charge in [-0.05, 0) is 62.5 Å². The van der Waals surface area contributed by atoms with Gasteiger partial charge in [0.25, 0.3) is 0 Å². The van der Waals surface area contributed by atoms with Gasteiger partial charge in [-0.1, -0.05) is 31.4 Å². The number of aromatic nitrogens is 1. The zero-order valence-corrected chi connectivity index (χ0v) is 18.3. The van der Waals surface area contributed by atoms with Gasteiger partial charge < -0.3 is 9.30 Å². The van der Waals surface area contributed by atoms with Gasteiger partial charge in [0.2, 0.25) is 5.04 Å². The van der Waals surface area contributed by atoms with E-state index in [4.69, 9.17) is 15.6 Å². The van der Waals surface area contributed by atoms with Crippen molar-refractivity contribution in [1.29, 1.82) is 5.41 Å². The standard InChI is InChI=1S/C23H32N4OS/c1-28-20-11-7-10-18-19(23(25)29-21(24)16-26-12-5-6-13-26)15-27(22(18)20)14-17-8-3-2-4-9-17/h7,10-11,15,17,24-25H,2-6,8-9,12-14,16H2,1H3/p+1. The van der Waals surface area contributed by atoms with Gasteiger partial charge >= 0.3 is 0 Å². The first-order chi connectivity index (χ1) is 14.2. The summed E-state index contributed by atoms with van der Waals surface area (Å²) < 4.78 is 8.01. The molecule has 0 bridgehead atoms. The zero-order chi connectivity index (χ0) is 20.2. The number of likely N-dealkylation sites (tertiary alicyclic amines) is 1. The predicted octanol–water partition coefficient (Wildman–Crippen LogP) is 3.54. The average molecular weight is 414 g/mol. The number of nitrogens with zero attached hydrogens (tertiary/aromatic N) is 2. The third kappa shape index (κ3) is 4.69. The number of hydrogen-bond acceptors (Lipinski definition) is 4. The van der Waals surface area contributed by atoms with Crippen LogP contribution in [0, 0.1) is 11.3 Å². The van der Waals surface area contributed by atoms with Crippen LogP contribution in [0.15, 0.2) is 24.4 Å². The number of thioether (sulfide) groups is 1. The smallest absolute Gasteiger partial charge is 0.227 e. The van der Waals surface area contributed by atoms with E-state index in [9.17, 15) is 0 Å². The number of rotatable bonds is 6. The van der Waals surface area contributed by atoms with Gasteiger partial charge in [0, 0.05) is 23.7 Å². The minimum Gasteiger partial charge on any atom is -0.495 e. The van der Waals surface area contributed by atoms with Gasteiger partial charge in [-0.3, -0.25) is 15.7 Å². The van der Waals surface area contributed by atoms with Crippen molar-refractivity contribution in [2.24, 2.45) is 5.92 Å². The molecule has 0 spiro atoms. The Kier molecular flexibility index (Phi) is 6.60. The van der Waals surface area contributed by atoms with Gasteiger partial charge in [-0.15, -0.1) is 0 Å². The molecule has 0 unspecified atom stereocenters. The van der Waals surface area contributed by atoms with Crippen LogP contribution in [0.1, 0.15) is 50.5 Å². The van der Waals surface area contributed by atoms with E-state index in [2.05, 4.69) is 21.7 Å². The maximum atomic E-state index is 8.77. The summed E-state index contributed by atoms with van der Waals surface area (Å²) in [5.74, 6) is 1.60. The highest BCUT2D eigenvalue weighted by Gasteiger charge is 2.23. The van der Waals surface area contributed by atoms with Crippen LogP contribution in [-0.2, 0) is 6.54 Å². The first kappa shape index (κ1) is 20.5. The highest BCUT2D eigenvalue weighted by molar-refractivity contribution is 8.26. The fourth-order valence-electron chi connectivity index (χ4n) is 4.84. The van der Waals surface area contributed by atoms with Gasteiger partial charge in [0.15, 0.2) is 0 Å². The minimum atomic E-state index is 0.530. The normalized spacial score (nSPS) is 18.4. The van der Waals surface area contributed by atoms with Crippen LogP contribution in [0.3, 0.4) is 0 Å². The molecule has 1 saturated heterocycles. The Morgan fingerprint density at radius 3 is 2.66 bits per heavy atom. The Morgan fingerprint density at radius 2 is 1.93 bits per heavy atom. The number of para-hydroxylation sites is 1. The van der Waals surface area contributed by atoms with E-state index in [0.29, 0.717) is 11.0 Å². The molecule has 1 aromatic carbocycles. The van der Waals surface area contributed by atoms with Crippen molar-refractivity contribution >= 4 is 32.8 Å². The van der Waals surface area contributed by atoms with E-state index in [-0.39, 0.29) is 0 Å². The predicted molar refractivity (Wildman–Crippen MR) is 122 cm³/mol. The van der Waals surface area contributed by atoms with Gasteiger partial charge in [-0.25, -0.2) is 0 Å². The molecule has 156 valence electrons. The summed E-state index contributed by atoms with van der Waals surface area (Å²) in [6.07, 6.45) is 11.3. The molecular weight excluding hydrogens is 380 g/mol. The fourth-order valence-corrected chi connectivity index (χ4v) is 5.62. The third-order valence-corrected chi connectivity index (χ3v) is 7.13. The Labute approximate surface area is 177 Å². The molecule has 1 aliphatic heterocycles. The maximum absolute atomic E-state index is 8.77. The molecule has 2 heterocycles. The number of ether oxygens (including phenoxy) is 1. The van der Waals surface area contributed by atoms with Crippen molar-refractivity contribution < 1.29 is 10.1 Å². The lowest BCUT2D eigenvalue weighted by Gasteiger charge is -2.22. The largest absolute Gasteiger partial charge is 0.495 e. The van der Waals surface area contributed by atoms with E-state index in [1.54, 1.807) is 7.11 Å². The second-order valence-electron chi connectivity index (χ2n) is 8.44. The molecule has 0 atom stereocenters. The highest BCUT2D eigenvalue weighted by atomic mass is 32.2. The first-order valence-corrected chi connectivity index (χ1v) is 11.7. The molecule has 1 saturated carbocycles. The highest BCUT2D eigenvalue weighted by Crippen LogP contribution is 2.34. The van der Waals surface area contributed by atoms with Crippen LogP contribution in [0.25, 0.3) is 10.9 Å². The molecule has 6 heteroatoms. The van der Waals surface area contributed by atoms with Crippen LogP contribution >= 0.6 is 11.8 Å². The molecule has 0 amide bonds. The lowest BCUT2D eigenvalue weighted by Crippen LogP contribution is -2.45. The topological polar surface area (TPSA) is 66.8 Å². The van der Waals surface area contributed by atoms with E-state index in [0.717, 1.165) is 53.4 Å². The Bertz CT molecular complexity index is 878. The van der Waals surface area contributed by atoms with Crippen molar-refractivity contribution in [3.05, 3.63) is 30.0 Å². The molecule has 2 aliphatic rings. The van der Waals surface area contributed by atoms with Crippen molar-refractivity contribution in [3.63, 3.8) is 0 Å². The molecule has 1 aliphatic carbocycles. The van der Waals surface area contributed by atoms with E-state index < -0.39 is 0 Å². The third-order valence-electron chi connectivity index (χ3n) is 6.32. The second kappa shape index (κ2) is 9.35. The van der Waals surface area contributed by atoms with Crippen LogP contribution < -0.4 is 10.1 Å². The van der Waals surface area contributed by atoms with E-state index in [1.807, 2.05) is 12.1 Å². The summed E-state index contributed by atoms with van der Waals surface area (Å²) in [7, 11) is 1.73. The number of benzene rings is 1. The SMILES string of the molecule is COc1cccc2c(C(=N)SC(=[NH2+])CN3CCCC3)cn(CC3CCCCC3)c12. The van der Waals surface area contributed by atoms with Gasteiger partial charge in [0.05, 0.1) is 19.2 Å². The summed E-state index contributed by atoms with van der Waals surface area (Å²) in [6, 6.07) is 6.15. The summed E-state index contributed by atoms with van der Waals surface area (Å²) in [5.41, 5.74) is 2.07. The Hall–Kier alpha value is -1.79. The molecular formula is C23H33N4OS+. The summed E-state index contributed by atoms with van der Waals surface area (Å²) in [4.78, 5) is 2.38. The second-order valence-corrected chi connectivity index (χ2v) is 9.57. The Morgan fingerprint density at radius 1 is 1.17 bits per heavy atom. The lowest BCUT2D eigenvalue weighted by atomic mass is 9.89. The quantitative estimate of drug-likeness (QED) is 0.562. The maximum Gasteiger partial charge on any atom is 0.227 e. The van der Waals surface area contributed by atoms with Crippen molar-refractivity contribution in [1.82, 2.24) is 9.47 Å². The van der Waals surface area contributed by atoms with Crippen molar-refractivity contribution in [2.45, 2.75) is 51.5 Å².